The molecule has 3 aromatic rings. The molecule has 0 aliphatic carbocycles. The predicted molar refractivity (Wildman–Crippen MR) is 105 cm³/mol. The van der Waals surface area contributed by atoms with E-state index in [9.17, 15) is 9.59 Å². The summed E-state index contributed by atoms with van der Waals surface area (Å²) in [6.45, 7) is 1.80. The van der Waals surface area contributed by atoms with Gasteiger partial charge in [-0.15, -0.1) is 0 Å². The molecule has 0 aliphatic heterocycles. The molecule has 0 bridgehead atoms. The zero-order chi connectivity index (χ0) is 18.7. The van der Waals surface area contributed by atoms with Gasteiger partial charge in [0.2, 0.25) is 5.91 Å². The number of aromatic nitrogens is 1. The Kier molecular flexibility index (Phi) is 5.14. The summed E-state index contributed by atoms with van der Waals surface area (Å²) in [7, 11) is 0. The Bertz CT molecular complexity index is 985. The van der Waals surface area contributed by atoms with E-state index in [1.54, 1.807) is 37.3 Å². The van der Waals surface area contributed by atoms with Crippen molar-refractivity contribution >= 4 is 33.4 Å². The third kappa shape index (κ3) is 3.97. The summed E-state index contributed by atoms with van der Waals surface area (Å²) in [5.41, 5.74) is 9.07. The minimum absolute atomic E-state index is 0.261. The van der Waals surface area contributed by atoms with Crippen molar-refractivity contribution in [3.8, 4) is 11.3 Å². The van der Waals surface area contributed by atoms with Crippen LogP contribution in [0, 0.1) is 6.92 Å². The van der Waals surface area contributed by atoms with Crippen LogP contribution in [0.2, 0.25) is 0 Å². The number of hydrogen-bond donors (Lipinski definition) is 2. The van der Waals surface area contributed by atoms with E-state index in [-0.39, 0.29) is 5.91 Å². The Morgan fingerprint density at radius 2 is 1.77 bits per heavy atom. The Hall–Kier alpha value is -2.99. The van der Waals surface area contributed by atoms with Crippen LogP contribution in [0.3, 0.4) is 0 Å². The van der Waals surface area contributed by atoms with Crippen molar-refractivity contribution in [1.82, 2.24) is 4.98 Å². The number of nitrogens with zero attached hydrogens (tertiary/aromatic N) is 1. The first-order chi connectivity index (χ1) is 12.4. The van der Waals surface area contributed by atoms with Crippen molar-refractivity contribution in [2.45, 2.75) is 6.92 Å². The van der Waals surface area contributed by atoms with Gasteiger partial charge in [-0.2, -0.15) is 0 Å². The van der Waals surface area contributed by atoms with Crippen LogP contribution >= 0.6 is 15.9 Å². The average Bonchev–Trinajstić information content (AvgIpc) is 2.62. The van der Waals surface area contributed by atoms with E-state index in [1.165, 1.54) is 0 Å². The molecular formula is C20H16BrN3O2. The maximum atomic E-state index is 12.5. The first-order valence-corrected chi connectivity index (χ1v) is 8.68. The van der Waals surface area contributed by atoms with Gasteiger partial charge in [-0.1, -0.05) is 28.1 Å². The fourth-order valence-corrected chi connectivity index (χ4v) is 2.93. The molecule has 1 heterocycles. The molecule has 130 valence electrons. The van der Waals surface area contributed by atoms with Gasteiger partial charge in [0.15, 0.2) is 0 Å². The van der Waals surface area contributed by atoms with Crippen molar-refractivity contribution in [2.75, 3.05) is 5.32 Å². The molecule has 0 aliphatic rings. The molecule has 2 aromatic carbocycles. The normalized spacial score (nSPS) is 10.4. The first kappa shape index (κ1) is 17.8. The maximum Gasteiger partial charge on any atom is 0.257 e. The number of hydrogen-bond acceptors (Lipinski definition) is 3. The van der Waals surface area contributed by atoms with Crippen LogP contribution in [-0.4, -0.2) is 16.8 Å². The number of anilines is 1. The second-order valence-electron chi connectivity index (χ2n) is 5.74. The first-order valence-electron chi connectivity index (χ1n) is 7.89. The van der Waals surface area contributed by atoms with Gasteiger partial charge in [0, 0.05) is 21.3 Å². The number of halogens is 1. The van der Waals surface area contributed by atoms with E-state index in [0.717, 1.165) is 15.7 Å². The summed E-state index contributed by atoms with van der Waals surface area (Å²) < 4.78 is 0.968. The summed E-state index contributed by atoms with van der Waals surface area (Å²) in [6.07, 6.45) is 0. The van der Waals surface area contributed by atoms with Gasteiger partial charge in [0.25, 0.3) is 5.91 Å². The zero-order valence-electron chi connectivity index (χ0n) is 14.0. The summed E-state index contributed by atoms with van der Waals surface area (Å²) in [5, 5.41) is 2.79. The number of rotatable bonds is 4. The highest BCUT2D eigenvalue weighted by atomic mass is 79.9. The van der Waals surface area contributed by atoms with Crippen LogP contribution in [0.15, 0.2) is 65.1 Å². The molecule has 0 saturated carbocycles. The molecule has 0 atom stereocenters. The van der Waals surface area contributed by atoms with Crippen LogP contribution in [0.5, 0.6) is 0 Å². The highest BCUT2D eigenvalue weighted by Gasteiger charge is 2.12. The van der Waals surface area contributed by atoms with Crippen molar-refractivity contribution in [2.24, 2.45) is 5.73 Å². The standard InChI is InChI=1S/C20H16BrN3O2/c1-12-17(9-10-18(23-12)14-3-2-4-15(21)11-14)20(26)24-16-7-5-13(6-8-16)19(22)25/h2-11H,1H3,(H2,22,25)(H,24,26). The fraction of sp³-hybridized carbons (Fsp3) is 0.0500. The van der Waals surface area contributed by atoms with Crippen molar-refractivity contribution in [3.63, 3.8) is 0 Å². The van der Waals surface area contributed by atoms with Crippen LogP contribution in [0.1, 0.15) is 26.4 Å². The lowest BCUT2D eigenvalue weighted by Crippen LogP contribution is -2.15. The number of primary amides is 1. The molecular weight excluding hydrogens is 394 g/mol. The molecule has 0 radical (unpaired) electrons. The number of pyridine rings is 1. The van der Waals surface area contributed by atoms with Crippen LogP contribution in [-0.2, 0) is 0 Å². The van der Waals surface area contributed by atoms with Crippen molar-refractivity contribution < 1.29 is 9.59 Å². The maximum absolute atomic E-state index is 12.5. The van der Waals surface area contributed by atoms with E-state index in [0.29, 0.717) is 22.5 Å². The Morgan fingerprint density at radius 3 is 2.38 bits per heavy atom. The van der Waals surface area contributed by atoms with Gasteiger partial charge in [0.1, 0.15) is 0 Å². The van der Waals surface area contributed by atoms with Gasteiger partial charge in [0.05, 0.1) is 17.0 Å². The molecule has 0 saturated heterocycles. The number of nitrogens with one attached hydrogen (secondary N) is 1. The van der Waals surface area contributed by atoms with Gasteiger partial charge >= 0.3 is 0 Å². The minimum atomic E-state index is -0.508. The Morgan fingerprint density at radius 1 is 1.04 bits per heavy atom. The van der Waals surface area contributed by atoms with Gasteiger partial charge in [-0.25, -0.2) is 0 Å². The number of nitrogens with two attached hydrogens (primary N) is 1. The van der Waals surface area contributed by atoms with E-state index in [2.05, 4.69) is 26.2 Å². The minimum Gasteiger partial charge on any atom is -0.366 e. The molecule has 0 fully saturated rings. The molecule has 6 heteroatoms. The summed E-state index contributed by atoms with van der Waals surface area (Å²) in [4.78, 5) is 28.1. The smallest absolute Gasteiger partial charge is 0.257 e. The summed E-state index contributed by atoms with van der Waals surface area (Å²) in [5.74, 6) is -0.770. The largest absolute Gasteiger partial charge is 0.366 e. The SMILES string of the molecule is Cc1nc(-c2cccc(Br)c2)ccc1C(=O)Nc1ccc(C(N)=O)cc1. The number of carbonyl (C=O) groups excluding carboxylic acids is 2. The van der Waals surface area contributed by atoms with Crippen molar-refractivity contribution in [1.29, 1.82) is 0 Å². The van der Waals surface area contributed by atoms with Gasteiger partial charge < -0.3 is 11.1 Å². The van der Waals surface area contributed by atoms with Crippen LogP contribution < -0.4 is 11.1 Å². The van der Waals surface area contributed by atoms with Crippen LogP contribution in [0.4, 0.5) is 5.69 Å². The number of benzene rings is 2. The third-order valence-corrected chi connectivity index (χ3v) is 4.37. The molecule has 0 spiro atoms. The van der Waals surface area contributed by atoms with Gasteiger partial charge in [-0.3, -0.25) is 14.6 Å². The second-order valence-corrected chi connectivity index (χ2v) is 6.65. The molecule has 5 nitrogen and oxygen atoms in total. The summed E-state index contributed by atoms with van der Waals surface area (Å²) >= 11 is 3.45. The van der Waals surface area contributed by atoms with E-state index < -0.39 is 5.91 Å². The topological polar surface area (TPSA) is 85.1 Å². The second kappa shape index (κ2) is 7.49. The number of aryl methyl sites for hydroxylation is 1. The Labute approximate surface area is 159 Å². The fourth-order valence-electron chi connectivity index (χ4n) is 2.53. The monoisotopic (exact) mass is 409 g/mol. The number of amides is 2. The molecule has 26 heavy (non-hydrogen) atoms. The molecule has 1 aromatic heterocycles. The van der Waals surface area contributed by atoms with Gasteiger partial charge in [-0.05, 0) is 55.5 Å². The van der Waals surface area contributed by atoms with E-state index >= 15 is 0 Å². The molecule has 2 amide bonds. The lowest BCUT2D eigenvalue weighted by atomic mass is 10.1. The van der Waals surface area contributed by atoms with E-state index in [1.807, 2.05) is 30.3 Å². The highest BCUT2D eigenvalue weighted by molar-refractivity contribution is 9.10. The van der Waals surface area contributed by atoms with Crippen LogP contribution in [0.25, 0.3) is 11.3 Å². The molecule has 3 N–H and O–H groups in total. The van der Waals surface area contributed by atoms with Crippen molar-refractivity contribution in [3.05, 3.63) is 82.0 Å². The third-order valence-electron chi connectivity index (χ3n) is 3.88. The molecule has 0 unspecified atom stereocenters. The zero-order valence-corrected chi connectivity index (χ0v) is 15.6. The quantitative estimate of drug-likeness (QED) is 0.677. The van der Waals surface area contributed by atoms with E-state index in [4.69, 9.17) is 5.73 Å². The lowest BCUT2D eigenvalue weighted by Gasteiger charge is -2.09. The average molecular weight is 410 g/mol. The summed E-state index contributed by atoms with van der Waals surface area (Å²) in [6, 6.07) is 17.8. The number of carbonyl (C=O) groups is 2. The molecule has 3 rings (SSSR count). The lowest BCUT2D eigenvalue weighted by molar-refractivity contribution is 0.0998. The predicted octanol–water partition coefficient (Wildman–Crippen LogP) is 4.17. The highest BCUT2D eigenvalue weighted by Crippen LogP contribution is 2.23. The Balaban J connectivity index is 1.80.